The molecular formula is C31H38N8O4S. The van der Waals surface area contributed by atoms with E-state index in [2.05, 4.69) is 20.0 Å². The highest BCUT2D eigenvalue weighted by atomic mass is 32.2. The van der Waals surface area contributed by atoms with E-state index in [1.165, 1.54) is 12.1 Å². The van der Waals surface area contributed by atoms with E-state index in [1.54, 1.807) is 55.1 Å². The molecule has 0 saturated carbocycles. The van der Waals surface area contributed by atoms with E-state index in [0.717, 1.165) is 28.8 Å². The number of imidazole rings is 1. The fourth-order valence-corrected chi connectivity index (χ4v) is 5.16. The number of hydrogen-bond acceptors (Lipinski definition) is 9. The number of ether oxygens (including phenoxy) is 1. The number of benzene rings is 2. The van der Waals surface area contributed by atoms with Crippen LogP contribution in [-0.4, -0.2) is 42.2 Å². The minimum atomic E-state index is -3.62. The Labute approximate surface area is 257 Å². The molecule has 6 N–H and O–H groups in total. The molecule has 2 aromatic heterocycles. The second-order valence-electron chi connectivity index (χ2n) is 11.4. The Morgan fingerprint density at radius 3 is 2.36 bits per heavy atom. The van der Waals surface area contributed by atoms with Crippen LogP contribution in [0.3, 0.4) is 0 Å². The van der Waals surface area contributed by atoms with Gasteiger partial charge in [-0.2, -0.15) is 0 Å². The Bertz CT molecular complexity index is 1830. The van der Waals surface area contributed by atoms with E-state index < -0.39 is 15.9 Å². The van der Waals surface area contributed by atoms with Crippen LogP contribution in [0.5, 0.6) is 5.75 Å². The van der Waals surface area contributed by atoms with Gasteiger partial charge in [-0.15, -0.1) is 0 Å². The minimum Gasteiger partial charge on any atom is -0.492 e. The first-order valence-corrected chi connectivity index (χ1v) is 15.5. The van der Waals surface area contributed by atoms with Crippen LogP contribution < -0.4 is 31.4 Å². The molecule has 0 bridgehead atoms. The molecule has 0 radical (unpaired) electrons. The number of sulfonamides is 1. The number of aryl methyl sites for hydroxylation is 1. The van der Waals surface area contributed by atoms with Gasteiger partial charge in [-0.3, -0.25) is 19.5 Å². The maximum Gasteiger partial charge on any atom is 0.255 e. The lowest BCUT2D eigenvalue weighted by atomic mass is 9.86. The van der Waals surface area contributed by atoms with Crippen molar-refractivity contribution in [3.63, 3.8) is 0 Å². The standard InChI is InChI=1S/C31H38N8O4S/c1-19-8-9-21(30(40)36-24-15-22(31(2,3)4)16-25(28(24)43-6)37-44(7,41)42)14-26(19)39(33)18-23(32)27-17-35-29(38(27)5)20-10-12-34-13-11-20/h8-18,37H,32-33H2,1-7H3,(H,36,40)/b23-18-. The topological polar surface area (TPSA) is 170 Å². The van der Waals surface area contributed by atoms with Crippen molar-refractivity contribution in [1.82, 2.24) is 14.5 Å². The zero-order valence-electron chi connectivity index (χ0n) is 25.8. The highest BCUT2D eigenvalue weighted by Crippen LogP contribution is 2.39. The Hall–Kier alpha value is -4.88. The minimum absolute atomic E-state index is 0.183. The fraction of sp³-hybridized carbons (Fsp3) is 0.258. The zero-order valence-corrected chi connectivity index (χ0v) is 26.7. The number of nitrogens with zero attached hydrogens (tertiary/aromatic N) is 4. The monoisotopic (exact) mass is 618 g/mol. The van der Waals surface area contributed by atoms with Gasteiger partial charge < -0.3 is 20.4 Å². The summed E-state index contributed by atoms with van der Waals surface area (Å²) in [7, 11) is -0.357. The summed E-state index contributed by atoms with van der Waals surface area (Å²) in [6, 6.07) is 12.3. The first kappa shape index (κ1) is 32.0. The third-order valence-corrected chi connectivity index (χ3v) is 7.54. The maximum absolute atomic E-state index is 13.5. The highest BCUT2D eigenvalue weighted by Gasteiger charge is 2.23. The predicted molar refractivity (Wildman–Crippen MR) is 175 cm³/mol. The molecule has 2 aromatic carbocycles. The van der Waals surface area contributed by atoms with E-state index in [1.807, 2.05) is 51.4 Å². The molecule has 12 nitrogen and oxygen atoms in total. The maximum atomic E-state index is 13.5. The molecule has 0 aliphatic rings. The van der Waals surface area contributed by atoms with E-state index in [4.69, 9.17) is 16.3 Å². The van der Waals surface area contributed by atoms with Crippen molar-refractivity contribution in [3.05, 3.63) is 89.6 Å². The average Bonchev–Trinajstić information content (AvgIpc) is 3.33. The Morgan fingerprint density at radius 2 is 1.75 bits per heavy atom. The molecule has 232 valence electrons. The first-order chi connectivity index (χ1) is 20.6. The Morgan fingerprint density at radius 1 is 1.09 bits per heavy atom. The van der Waals surface area contributed by atoms with Crippen molar-refractivity contribution in [2.45, 2.75) is 33.1 Å². The number of carbonyl (C=O) groups is 1. The lowest BCUT2D eigenvalue weighted by molar-refractivity contribution is 0.102. The van der Waals surface area contributed by atoms with Crippen LogP contribution in [0, 0.1) is 6.92 Å². The van der Waals surface area contributed by atoms with Gasteiger partial charge in [0, 0.05) is 36.8 Å². The third-order valence-electron chi connectivity index (χ3n) is 6.95. The van der Waals surface area contributed by atoms with Crippen LogP contribution >= 0.6 is 0 Å². The normalized spacial score (nSPS) is 12.1. The van der Waals surface area contributed by atoms with E-state index in [-0.39, 0.29) is 16.9 Å². The summed E-state index contributed by atoms with van der Waals surface area (Å²) in [5, 5.41) is 4.24. The largest absolute Gasteiger partial charge is 0.492 e. The molecule has 13 heteroatoms. The fourth-order valence-electron chi connectivity index (χ4n) is 4.61. The van der Waals surface area contributed by atoms with Crippen molar-refractivity contribution in [3.8, 4) is 17.1 Å². The molecule has 0 aliphatic heterocycles. The van der Waals surface area contributed by atoms with Gasteiger partial charge >= 0.3 is 0 Å². The first-order valence-electron chi connectivity index (χ1n) is 13.6. The number of hydrazine groups is 1. The molecule has 44 heavy (non-hydrogen) atoms. The molecule has 0 spiro atoms. The zero-order chi connectivity index (χ0) is 32.4. The Balaban J connectivity index is 1.65. The molecule has 0 aliphatic carbocycles. The van der Waals surface area contributed by atoms with Crippen LogP contribution in [-0.2, 0) is 22.5 Å². The molecule has 0 unspecified atom stereocenters. The number of aromatic nitrogens is 3. The molecular weight excluding hydrogens is 580 g/mol. The number of carbonyl (C=O) groups excluding carboxylic acids is 1. The van der Waals surface area contributed by atoms with E-state index >= 15 is 0 Å². The summed E-state index contributed by atoms with van der Waals surface area (Å²) < 4.78 is 34.0. The number of nitrogens with one attached hydrogen (secondary N) is 2. The van der Waals surface area contributed by atoms with Gasteiger partial charge in [0.2, 0.25) is 10.0 Å². The van der Waals surface area contributed by atoms with Crippen LogP contribution in [0.1, 0.15) is 48.0 Å². The number of methoxy groups -OCH3 is 1. The number of anilines is 3. The lowest BCUT2D eigenvalue weighted by Gasteiger charge is -2.24. The number of pyridine rings is 1. The van der Waals surface area contributed by atoms with E-state index in [0.29, 0.717) is 28.3 Å². The van der Waals surface area contributed by atoms with Crippen LogP contribution in [0.4, 0.5) is 17.1 Å². The van der Waals surface area contributed by atoms with Gasteiger partial charge in [-0.05, 0) is 59.9 Å². The van der Waals surface area contributed by atoms with Gasteiger partial charge in [-0.25, -0.2) is 19.2 Å². The Kier molecular flexibility index (Phi) is 9.02. The summed E-state index contributed by atoms with van der Waals surface area (Å²) in [6.45, 7) is 7.82. The van der Waals surface area contributed by atoms with Crippen molar-refractivity contribution >= 4 is 38.7 Å². The van der Waals surface area contributed by atoms with Crippen molar-refractivity contribution in [2.24, 2.45) is 18.6 Å². The second-order valence-corrected chi connectivity index (χ2v) is 13.2. The molecule has 0 atom stereocenters. The quantitative estimate of drug-likeness (QED) is 0.157. The van der Waals surface area contributed by atoms with Gasteiger partial charge in [0.15, 0.2) is 5.75 Å². The SMILES string of the molecule is COc1c(NC(=O)c2ccc(C)c(N(N)/C=C(\N)c3cnc(-c4ccncc4)n3C)c2)cc(C(C)(C)C)cc1NS(C)(=O)=O. The summed E-state index contributed by atoms with van der Waals surface area (Å²) in [6.07, 6.45) is 7.67. The van der Waals surface area contributed by atoms with Crippen LogP contribution in [0.15, 0.2) is 67.3 Å². The molecule has 4 rings (SSSR count). The summed E-state index contributed by atoms with van der Waals surface area (Å²) in [5.74, 6) is 6.90. The number of amides is 1. The summed E-state index contributed by atoms with van der Waals surface area (Å²) in [4.78, 5) is 22.1. The van der Waals surface area contributed by atoms with Crippen molar-refractivity contribution in [2.75, 3.05) is 28.4 Å². The van der Waals surface area contributed by atoms with Gasteiger partial charge in [0.05, 0.1) is 48.0 Å². The molecule has 1 amide bonds. The molecule has 2 heterocycles. The van der Waals surface area contributed by atoms with E-state index in [9.17, 15) is 13.2 Å². The van der Waals surface area contributed by atoms with Gasteiger partial charge in [0.25, 0.3) is 5.91 Å². The van der Waals surface area contributed by atoms with Gasteiger partial charge in [-0.1, -0.05) is 26.8 Å². The number of nitrogens with two attached hydrogens (primary N) is 2. The van der Waals surface area contributed by atoms with Crippen LogP contribution in [0.25, 0.3) is 17.1 Å². The third kappa shape index (κ3) is 7.18. The number of hydrogen-bond donors (Lipinski definition) is 4. The second kappa shape index (κ2) is 12.4. The van der Waals surface area contributed by atoms with Gasteiger partial charge in [0.1, 0.15) is 5.82 Å². The smallest absolute Gasteiger partial charge is 0.255 e. The van der Waals surface area contributed by atoms with Crippen molar-refractivity contribution in [1.29, 1.82) is 0 Å². The van der Waals surface area contributed by atoms with Crippen LogP contribution in [0.2, 0.25) is 0 Å². The molecule has 0 fully saturated rings. The highest BCUT2D eigenvalue weighted by molar-refractivity contribution is 7.92. The summed E-state index contributed by atoms with van der Waals surface area (Å²) in [5.41, 5.74) is 11.0. The average molecular weight is 619 g/mol. The number of rotatable bonds is 9. The molecule has 4 aromatic rings. The molecule has 0 saturated heterocycles. The summed E-state index contributed by atoms with van der Waals surface area (Å²) >= 11 is 0. The lowest BCUT2D eigenvalue weighted by Crippen LogP contribution is -2.27. The predicted octanol–water partition coefficient (Wildman–Crippen LogP) is 4.36. The van der Waals surface area contributed by atoms with Crippen molar-refractivity contribution < 1.29 is 17.9 Å².